The quantitative estimate of drug-likeness (QED) is 0.559. The fourth-order valence-electron chi connectivity index (χ4n) is 0.942. The number of nitrogens with one attached hydrogen (secondary N) is 1. The second-order valence-electron chi connectivity index (χ2n) is 2.94. The first-order chi connectivity index (χ1) is 5.31. The fraction of sp³-hybridized carbons (Fsp3) is 0.800. The van der Waals surface area contributed by atoms with Gasteiger partial charge in [0.25, 0.3) is 0 Å². The minimum atomic E-state index is 0. The summed E-state index contributed by atoms with van der Waals surface area (Å²) in [4.78, 5) is 0. The number of unbranched alkanes of at least 4 members (excludes halogenated alkanes) is 3. The Morgan fingerprint density at radius 1 is 1.27 bits per heavy atom. The topological polar surface area (TPSA) is 12.0 Å². The lowest BCUT2D eigenvalue weighted by Crippen LogP contribution is -2.12. The van der Waals surface area contributed by atoms with Crippen LogP contribution in [0.15, 0.2) is 12.3 Å². The molecule has 0 amide bonds. The van der Waals surface area contributed by atoms with Crippen LogP contribution in [-0.2, 0) is 0 Å². The van der Waals surface area contributed by atoms with Gasteiger partial charge in [-0.25, -0.2) is 0 Å². The lowest BCUT2D eigenvalue weighted by atomic mass is 10.2. The van der Waals surface area contributed by atoms with Crippen LogP contribution in [0.3, 0.4) is 0 Å². The Bertz CT molecular complexity index is 102. The second-order valence-corrected chi connectivity index (χ2v) is 2.94. The molecule has 0 aromatic carbocycles. The van der Waals surface area contributed by atoms with Crippen LogP contribution in [-0.4, -0.2) is 6.54 Å². The Balaban J connectivity index is 0. The highest BCUT2D eigenvalue weighted by Gasteiger charge is 1.88. The minimum Gasteiger partial charge on any atom is -0.389 e. The van der Waals surface area contributed by atoms with Crippen LogP contribution in [0.25, 0.3) is 0 Å². The molecule has 0 bridgehead atoms. The third-order valence-electron chi connectivity index (χ3n) is 1.83. The van der Waals surface area contributed by atoms with Gasteiger partial charge in [-0.05, 0) is 12.8 Å². The molecule has 0 saturated heterocycles. The van der Waals surface area contributed by atoms with Gasteiger partial charge in [-0.3, -0.25) is 0 Å². The van der Waals surface area contributed by atoms with Crippen LogP contribution in [0.4, 0.5) is 0 Å². The number of allylic oxidation sites excluding steroid dienone is 1. The van der Waals surface area contributed by atoms with E-state index in [1.165, 1.54) is 31.4 Å². The van der Waals surface area contributed by atoms with E-state index in [2.05, 4.69) is 25.7 Å². The van der Waals surface area contributed by atoms with Crippen molar-refractivity contribution >= 4 is 0 Å². The van der Waals surface area contributed by atoms with Crippen molar-refractivity contribution in [2.24, 2.45) is 0 Å². The molecule has 0 atom stereocenters. The van der Waals surface area contributed by atoms with Crippen molar-refractivity contribution in [3.63, 3.8) is 0 Å². The first-order valence-electron chi connectivity index (χ1n) is 4.72. The molecule has 0 unspecified atom stereocenters. The molecule has 0 spiro atoms. The lowest BCUT2D eigenvalue weighted by Gasteiger charge is -2.05. The number of rotatable bonds is 7. The van der Waals surface area contributed by atoms with Gasteiger partial charge in [0, 0.05) is 13.7 Å². The molecule has 1 nitrogen and oxygen atoms in total. The van der Waals surface area contributed by atoms with E-state index in [1.807, 2.05) is 0 Å². The summed E-state index contributed by atoms with van der Waals surface area (Å²) in [6.07, 6.45) is 6.36. The molecule has 0 fully saturated rings. The van der Waals surface area contributed by atoms with Gasteiger partial charge < -0.3 is 5.32 Å². The Hall–Kier alpha value is -0.460. The molecular weight excluding hydrogens is 134 g/mol. The van der Waals surface area contributed by atoms with E-state index in [-0.39, 0.29) is 1.43 Å². The summed E-state index contributed by atoms with van der Waals surface area (Å²) in [6, 6.07) is 0. The van der Waals surface area contributed by atoms with Crippen molar-refractivity contribution in [1.82, 2.24) is 5.32 Å². The Morgan fingerprint density at radius 3 is 2.55 bits per heavy atom. The van der Waals surface area contributed by atoms with Crippen molar-refractivity contribution in [2.75, 3.05) is 6.54 Å². The summed E-state index contributed by atoms with van der Waals surface area (Å²) < 4.78 is 0. The average Bonchev–Trinajstić information content (AvgIpc) is 2.04. The molecule has 0 aliphatic rings. The van der Waals surface area contributed by atoms with E-state index in [0.29, 0.717) is 0 Å². The van der Waals surface area contributed by atoms with E-state index >= 15 is 0 Å². The predicted octanol–water partition coefficient (Wildman–Crippen LogP) is 3.33. The fourth-order valence-corrected chi connectivity index (χ4v) is 0.942. The van der Waals surface area contributed by atoms with Crippen LogP contribution in [0.1, 0.15) is 47.4 Å². The van der Waals surface area contributed by atoms with Gasteiger partial charge in [0.1, 0.15) is 0 Å². The maximum absolute atomic E-state index is 3.88. The Labute approximate surface area is 72.4 Å². The normalized spacial score (nSPS) is 9.64. The summed E-state index contributed by atoms with van der Waals surface area (Å²) in [7, 11) is 0. The van der Waals surface area contributed by atoms with Crippen molar-refractivity contribution in [1.29, 1.82) is 0 Å². The first-order valence-corrected chi connectivity index (χ1v) is 4.72. The van der Waals surface area contributed by atoms with Crippen molar-refractivity contribution in [2.45, 2.75) is 46.0 Å². The molecule has 0 aromatic rings. The van der Waals surface area contributed by atoms with Gasteiger partial charge >= 0.3 is 0 Å². The van der Waals surface area contributed by atoms with Gasteiger partial charge in [-0.2, -0.15) is 0 Å². The summed E-state index contributed by atoms with van der Waals surface area (Å²) in [5.74, 6) is 0. The molecule has 0 aliphatic carbocycles. The van der Waals surface area contributed by atoms with Crippen LogP contribution in [0, 0.1) is 0 Å². The highest BCUT2D eigenvalue weighted by Crippen LogP contribution is 1.98. The summed E-state index contributed by atoms with van der Waals surface area (Å²) in [5.41, 5.74) is 1.17. The number of hydrogen-bond donors (Lipinski definition) is 1. The molecule has 1 N–H and O–H groups in total. The zero-order chi connectivity index (χ0) is 8.53. The van der Waals surface area contributed by atoms with E-state index in [0.717, 1.165) is 13.0 Å². The predicted molar refractivity (Wildman–Crippen MR) is 53.7 cm³/mol. The van der Waals surface area contributed by atoms with E-state index in [9.17, 15) is 0 Å². The smallest absolute Gasteiger partial charge is 0.0143 e. The van der Waals surface area contributed by atoms with Crippen LogP contribution < -0.4 is 5.32 Å². The van der Waals surface area contributed by atoms with Gasteiger partial charge in [0.2, 0.25) is 0 Å². The maximum atomic E-state index is 3.88. The standard InChI is InChI=1S/C10H21N.H2/c1-4-6-7-8-9-11-10(3)5-2;/h11H,3-9H2,1-2H3;1H. The van der Waals surface area contributed by atoms with E-state index in [4.69, 9.17) is 0 Å². The summed E-state index contributed by atoms with van der Waals surface area (Å²) in [5, 5.41) is 3.30. The maximum Gasteiger partial charge on any atom is 0.0143 e. The summed E-state index contributed by atoms with van der Waals surface area (Å²) in [6.45, 7) is 9.34. The molecule has 0 aromatic heterocycles. The highest BCUT2D eigenvalue weighted by molar-refractivity contribution is 4.88. The largest absolute Gasteiger partial charge is 0.389 e. The molecule has 11 heavy (non-hydrogen) atoms. The molecule has 0 aliphatic heterocycles. The molecular formula is C10H23N. The monoisotopic (exact) mass is 157 g/mol. The molecule has 0 saturated carbocycles. The molecule has 68 valence electrons. The third-order valence-corrected chi connectivity index (χ3v) is 1.83. The lowest BCUT2D eigenvalue weighted by molar-refractivity contribution is 0.629. The van der Waals surface area contributed by atoms with Crippen LogP contribution >= 0.6 is 0 Å². The van der Waals surface area contributed by atoms with Gasteiger partial charge in [-0.1, -0.05) is 39.7 Å². The third kappa shape index (κ3) is 7.44. The molecule has 1 heteroatoms. The molecule has 0 rings (SSSR count). The summed E-state index contributed by atoms with van der Waals surface area (Å²) >= 11 is 0. The Kier molecular flexibility index (Phi) is 7.33. The SMILES string of the molecule is C=C(CC)NCCCCCC.[HH]. The highest BCUT2D eigenvalue weighted by atomic mass is 14.9. The molecule has 0 heterocycles. The zero-order valence-corrected chi connectivity index (χ0v) is 7.95. The van der Waals surface area contributed by atoms with Crippen molar-refractivity contribution in [3.8, 4) is 0 Å². The van der Waals surface area contributed by atoms with E-state index < -0.39 is 0 Å². The second kappa shape index (κ2) is 7.64. The average molecular weight is 157 g/mol. The van der Waals surface area contributed by atoms with Crippen molar-refractivity contribution < 1.29 is 1.43 Å². The van der Waals surface area contributed by atoms with Gasteiger partial charge in [0.15, 0.2) is 0 Å². The number of hydrogen-bond acceptors (Lipinski definition) is 1. The zero-order valence-electron chi connectivity index (χ0n) is 7.95. The minimum absolute atomic E-state index is 0. The Morgan fingerprint density at radius 2 is 2.00 bits per heavy atom. The van der Waals surface area contributed by atoms with E-state index in [1.54, 1.807) is 0 Å². The van der Waals surface area contributed by atoms with Crippen LogP contribution in [0.2, 0.25) is 0 Å². The molecule has 0 radical (unpaired) electrons. The van der Waals surface area contributed by atoms with Crippen LogP contribution in [0.5, 0.6) is 0 Å². The van der Waals surface area contributed by atoms with Gasteiger partial charge in [0.05, 0.1) is 0 Å². The van der Waals surface area contributed by atoms with Crippen molar-refractivity contribution in [3.05, 3.63) is 12.3 Å². The van der Waals surface area contributed by atoms with Gasteiger partial charge in [-0.15, -0.1) is 0 Å². The first kappa shape index (κ1) is 10.5.